The molecule has 0 saturated heterocycles. The number of nitrogens with zero attached hydrogens (tertiary/aromatic N) is 1. The number of carbonyl (C=O) groups excluding carboxylic acids is 2. The van der Waals surface area contributed by atoms with Gasteiger partial charge in [-0.05, 0) is 12.0 Å². The lowest BCUT2D eigenvalue weighted by Crippen LogP contribution is -2.36. The van der Waals surface area contributed by atoms with Gasteiger partial charge >= 0.3 is 0 Å². The van der Waals surface area contributed by atoms with Crippen LogP contribution in [0.1, 0.15) is 39.7 Å². The summed E-state index contributed by atoms with van der Waals surface area (Å²) in [4.78, 5) is 28.2. The highest BCUT2D eigenvalue weighted by Crippen LogP contribution is 2.25. The van der Waals surface area contributed by atoms with Gasteiger partial charge in [-0.3, -0.25) is 9.59 Å². The van der Waals surface area contributed by atoms with Crippen molar-refractivity contribution in [3.8, 4) is 11.3 Å². The molecule has 0 aliphatic rings. The van der Waals surface area contributed by atoms with Gasteiger partial charge in [0.15, 0.2) is 5.13 Å². The summed E-state index contributed by atoms with van der Waals surface area (Å²) in [5, 5.41) is 8.05. The predicted octanol–water partition coefficient (Wildman–Crippen LogP) is 3.86. The highest BCUT2D eigenvalue weighted by molar-refractivity contribution is 7.14. The normalized spacial score (nSPS) is 11.2. The first kappa shape index (κ1) is 19.1. The third-order valence-corrected chi connectivity index (χ3v) is 4.49. The fourth-order valence-electron chi connectivity index (χ4n) is 2.11. The van der Waals surface area contributed by atoms with Gasteiger partial charge in [-0.25, -0.2) is 4.98 Å². The Balaban J connectivity index is 1.85. The van der Waals surface area contributed by atoms with Crippen LogP contribution in [0, 0.1) is 5.41 Å². The number of aryl methyl sites for hydroxylation is 1. The summed E-state index contributed by atoms with van der Waals surface area (Å²) in [6.07, 6.45) is 1.23. The van der Waals surface area contributed by atoms with E-state index < -0.39 is 5.41 Å². The van der Waals surface area contributed by atoms with Crippen LogP contribution in [0.3, 0.4) is 0 Å². The molecule has 6 heteroatoms. The Hall–Kier alpha value is -2.21. The summed E-state index contributed by atoms with van der Waals surface area (Å²) in [5.41, 5.74) is 2.72. The van der Waals surface area contributed by atoms with Crippen molar-refractivity contribution in [3.63, 3.8) is 0 Å². The third-order valence-electron chi connectivity index (χ3n) is 3.73. The summed E-state index contributed by atoms with van der Waals surface area (Å²) in [7, 11) is 0. The molecule has 2 aromatic rings. The molecule has 2 amide bonds. The first-order valence-corrected chi connectivity index (χ1v) is 9.30. The summed E-state index contributed by atoms with van der Waals surface area (Å²) in [5.74, 6) is -0.219. The lowest BCUT2D eigenvalue weighted by Gasteiger charge is -2.17. The van der Waals surface area contributed by atoms with E-state index in [0.717, 1.165) is 17.7 Å². The topological polar surface area (TPSA) is 71.1 Å². The average molecular weight is 359 g/mol. The summed E-state index contributed by atoms with van der Waals surface area (Å²) in [6.45, 7) is 7.96. The van der Waals surface area contributed by atoms with Crippen molar-refractivity contribution in [1.82, 2.24) is 10.3 Å². The molecule has 1 aromatic carbocycles. The van der Waals surface area contributed by atoms with Crippen molar-refractivity contribution in [2.24, 2.45) is 5.41 Å². The van der Waals surface area contributed by atoms with Crippen LogP contribution in [0.4, 0.5) is 5.13 Å². The Bertz CT molecular complexity index is 730. The molecule has 0 saturated carbocycles. The minimum atomic E-state index is -0.450. The van der Waals surface area contributed by atoms with Gasteiger partial charge in [0.2, 0.25) is 11.8 Å². The molecular weight excluding hydrogens is 334 g/mol. The molecule has 0 fully saturated rings. The summed E-state index contributed by atoms with van der Waals surface area (Å²) in [6, 6.07) is 8.26. The van der Waals surface area contributed by atoms with Gasteiger partial charge in [-0.2, -0.15) is 0 Å². The Labute approximate surface area is 152 Å². The Morgan fingerprint density at radius 1 is 1.16 bits per heavy atom. The summed E-state index contributed by atoms with van der Waals surface area (Å²) < 4.78 is 0. The lowest BCUT2D eigenvalue weighted by atomic mass is 9.96. The van der Waals surface area contributed by atoms with E-state index in [1.807, 2.05) is 38.3 Å². The molecule has 0 atom stereocenters. The maximum Gasteiger partial charge on any atom is 0.227 e. The molecule has 25 heavy (non-hydrogen) atoms. The second kappa shape index (κ2) is 8.25. The van der Waals surface area contributed by atoms with Crippen molar-refractivity contribution < 1.29 is 9.59 Å². The van der Waals surface area contributed by atoms with Gasteiger partial charge < -0.3 is 10.6 Å². The fraction of sp³-hybridized carbons (Fsp3) is 0.421. The Kier molecular flexibility index (Phi) is 6.31. The van der Waals surface area contributed by atoms with Crippen LogP contribution in [-0.4, -0.2) is 23.3 Å². The first-order valence-electron chi connectivity index (χ1n) is 8.42. The van der Waals surface area contributed by atoms with Crippen LogP contribution in [0.5, 0.6) is 0 Å². The average Bonchev–Trinajstić information content (AvgIpc) is 3.02. The zero-order valence-corrected chi connectivity index (χ0v) is 16.0. The molecular formula is C19H25N3O2S. The number of amides is 2. The molecule has 1 heterocycles. The molecule has 2 N–H and O–H groups in total. The lowest BCUT2D eigenvalue weighted by molar-refractivity contribution is -0.128. The quantitative estimate of drug-likeness (QED) is 0.822. The van der Waals surface area contributed by atoms with E-state index in [1.165, 1.54) is 16.9 Å². The van der Waals surface area contributed by atoms with E-state index in [1.54, 1.807) is 0 Å². The number of rotatable bonds is 6. The summed E-state index contributed by atoms with van der Waals surface area (Å²) >= 11 is 1.40. The number of carbonyl (C=O) groups is 2. The highest BCUT2D eigenvalue weighted by Gasteiger charge is 2.20. The van der Waals surface area contributed by atoms with E-state index in [2.05, 4.69) is 34.7 Å². The van der Waals surface area contributed by atoms with Gasteiger partial charge in [0.1, 0.15) is 0 Å². The molecule has 0 aliphatic carbocycles. The third kappa shape index (κ3) is 5.67. The molecule has 0 unspecified atom stereocenters. The second-order valence-corrected chi connectivity index (χ2v) is 7.75. The SMILES string of the molecule is CCc1ccc(-c2csc(NC(=O)CCNC(=O)C(C)(C)C)n2)cc1. The maximum atomic E-state index is 12.0. The molecule has 134 valence electrons. The first-order chi connectivity index (χ1) is 11.8. The minimum Gasteiger partial charge on any atom is -0.355 e. The molecule has 0 radical (unpaired) electrons. The predicted molar refractivity (Wildman–Crippen MR) is 103 cm³/mol. The van der Waals surface area contributed by atoms with E-state index in [0.29, 0.717) is 11.7 Å². The number of anilines is 1. The van der Waals surface area contributed by atoms with Crippen LogP contribution >= 0.6 is 11.3 Å². The maximum absolute atomic E-state index is 12.0. The van der Waals surface area contributed by atoms with Gasteiger partial charge in [-0.1, -0.05) is 52.0 Å². The Morgan fingerprint density at radius 3 is 2.44 bits per heavy atom. The largest absolute Gasteiger partial charge is 0.355 e. The van der Waals surface area contributed by atoms with Crippen molar-refractivity contribution in [3.05, 3.63) is 35.2 Å². The van der Waals surface area contributed by atoms with Gasteiger partial charge in [0.05, 0.1) is 5.69 Å². The zero-order valence-electron chi connectivity index (χ0n) is 15.2. The highest BCUT2D eigenvalue weighted by atomic mass is 32.1. The number of hydrogen-bond acceptors (Lipinski definition) is 4. The number of thiazole rings is 1. The van der Waals surface area contributed by atoms with Gasteiger partial charge in [0, 0.05) is 29.3 Å². The van der Waals surface area contributed by atoms with Gasteiger partial charge in [-0.15, -0.1) is 11.3 Å². The smallest absolute Gasteiger partial charge is 0.227 e. The van der Waals surface area contributed by atoms with E-state index in [9.17, 15) is 9.59 Å². The number of nitrogens with one attached hydrogen (secondary N) is 2. The molecule has 5 nitrogen and oxygen atoms in total. The van der Waals surface area contributed by atoms with Crippen LogP contribution < -0.4 is 10.6 Å². The van der Waals surface area contributed by atoms with Crippen LogP contribution in [-0.2, 0) is 16.0 Å². The van der Waals surface area contributed by atoms with E-state index >= 15 is 0 Å². The molecule has 0 aliphatic heterocycles. The molecule has 1 aromatic heterocycles. The van der Waals surface area contributed by atoms with Crippen molar-refractivity contribution in [1.29, 1.82) is 0 Å². The second-order valence-electron chi connectivity index (χ2n) is 6.89. The minimum absolute atomic E-state index is 0.0626. The number of benzene rings is 1. The Morgan fingerprint density at radius 2 is 1.84 bits per heavy atom. The monoisotopic (exact) mass is 359 g/mol. The standard InChI is InChI=1S/C19H25N3O2S/c1-5-13-6-8-14(9-7-13)15-12-25-18(21-15)22-16(23)10-11-20-17(24)19(2,3)4/h6-9,12H,5,10-11H2,1-4H3,(H,20,24)(H,21,22,23). The van der Waals surface area contributed by atoms with Crippen molar-refractivity contribution in [2.75, 3.05) is 11.9 Å². The molecule has 0 spiro atoms. The van der Waals surface area contributed by atoms with Crippen LogP contribution in [0.15, 0.2) is 29.6 Å². The van der Waals surface area contributed by atoms with E-state index in [4.69, 9.17) is 0 Å². The van der Waals surface area contributed by atoms with Crippen molar-refractivity contribution in [2.45, 2.75) is 40.5 Å². The molecule has 0 bridgehead atoms. The number of aromatic nitrogens is 1. The number of hydrogen-bond donors (Lipinski definition) is 2. The van der Waals surface area contributed by atoms with Crippen LogP contribution in [0.25, 0.3) is 11.3 Å². The fourth-order valence-corrected chi connectivity index (χ4v) is 2.85. The molecule has 2 rings (SSSR count). The van der Waals surface area contributed by atoms with Gasteiger partial charge in [0.25, 0.3) is 0 Å². The van der Waals surface area contributed by atoms with E-state index in [-0.39, 0.29) is 18.2 Å². The zero-order chi connectivity index (χ0) is 18.4. The van der Waals surface area contributed by atoms with Crippen LogP contribution in [0.2, 0.25) is 0 Å². The van der Waals surface area contributed by atoms with Crippen molar-refractivity contribution >= 4 is 28.3 Å².